The van der Waals surface area contributed by atoms with Crippen LogP contribution in [0.2, 0.25) is 0 Å². The fourth-order valence-electron chi connectivity index (χ4n) is 5.17. The molecule has 0 fully saturated rings. The minimum Gasteiger partial charge on any atom is -0.491 e. The number of unbranched alkanes of at least 4 members (excludes halogenated alkanes) is 15. The van der Waals surface area contributed by atoms with Gasteiger partial charge in [0.2, 0.25) is 0 Å². The molecule has 0 saturated carbocycles. The van der Waals surface area contributed by atoms with Gasteiger partial charge in [-0.2, -0.15) is 5.26 Å². The van der Waals surface area contributed by atoms with Crippen LogP contribution < -0.4 is 14.2 Å². The van der Waals surface area contributed by atoms with E-state index in [1.807, 2.05) is 6.07 Å². The first-order chi connectivity index (χ1) is 22.5. The summed E-state index contributed by atoms with van der Waals surface area (Å²) < 4.78 is 30.9. The number of halogens is 1. The maximum atomic E-state index is 14.6. The summed E-state index contributed by atoms with van der Waals surface area (Å²) in [4.78, 5) is 25.0. The number of rotatable bonds is 22. The van der Waals surface area contributed by atoms with Crippen molar-refractivity contribution in [1.82, 2.24) is 0 Å². The second-order valence-electron chi connectivity index (χ2n) is 11.7. The normalized spacial score (nSPS) is 10.7. The van der Waals surface area contributed by atoms with Gasteiger partial charge in [-0.1, -0.05) is 103 Å². The predicted octanol–water partition coefficient (Wildman–Crippen LogP) is 10.8. The summed E-state index contributed by atoms with van der Waals surface area (Å²) in [7, 11) is 0. The van der Waals surface area contributed by atoms with Crippen molar-refractivity contribution in [3.8, 4) is 23.3 Å². The van der Waals surface area contributed by atoms with Gasteiger partial charge in [0.05, 0.1) is 29.4 Å². The first kappa shape index (κ1) is 36.3. The highest BCUT2D eigenvalue weighted by atomic mass is 19.1. The van der Waals surface area contributed by atoms with E-state index in [4.69, 9.17) is 19.5 Å². The summed E-state index contributed by atoms with van der Waals surface area (Å²) in [6.07, 6.45) is 20.7. The molecule has 7 heteroatoms. The van der Waals surface area contributed by atoms with Gasteiger partial charge in [0, 0.05) is 0 Å². The quantitative estimate of drug-likeness (QED) is 0.0624. The smallest absolute Gasteiger partial charge is 0.343 e. The monoisotopic (exact) mass is 629 g/mol. The average molecular weight is 630 g/mol. The third-order valence-corrected chi connectivity index (χ3v) is 7.92. The van der Waals surface area contributed by atoms with Gasteiger partial charge in [-0.25, -0.2) is 14.0 Å². The maximum absolute atomic E-state index is 14.6. The van der Waals surface area contributed by atoms with Crippen LogP contribution in [-0.2, 0) is 0 Å². The molecule has 46 heavy (non-hydrogen) atoms. The minimum atomic E-state index is -0.726. The molecule has 0 N–H and O–H groups in total. The summed E-state index contributed by atoms with van der Waals surface area (Å²) in [6.45, 7) is 2.69. The number of benzene rings is 3. The van der Waals surface area contributed by atoms with E-state index in [1.54, 1.807) is 12.1 Å². The number of hydrogen-bond acceptors (Lipinski definition) is 6. The number of nitrogens with zero attached hydrogens (tertiary/aromatic N) is 1. The van der Waals surface area contributed by atoms with Crippen molar-refractivity contribution in [3.05, 3.63) is 89.2 Å². The molecule has 0 atom stereocenters. The Balaban J connectivity index is 1.26. The van der Waals surface area contributed by atoms with Crippen LogP contribution in [0.5, 0.6) is 17.2 Å². The Kier molecular flexibility index (Phi) is 17.0. The third kappa shape index (κ3) is 13.9. The molecule has 0 saturated heterocycles. The van der Waals surface area contributed by atoms with E-state index >= 15 is 0 Å². The Hall–Kier alpha value is -4.18. The van der Waals surface area contributed by atoms with Crippen LogP contribution in [0, 0.1) is 17.1 Å². The minimum absolute atomic E-state index is 0.0524. The molecule has 0 aliphatic heterocycles. The predicted molar refractivity (Wildman–Crippen MR) is 179 cm³/mol. The first-order valence-electron chi connectivity index (χ1n) is 17.0. The molecule has 0 aliphatic carbocycles. The first-order valence-corrected chi connectivity index (χ1v) is 17.0. The van der Waals surface area contributed by atoms with Crippen molar-refractivity contribution in [2.75, 3.05) is 6.61 Å². The number of esters is 2. The standard InChI is InChI=1S/C39H48FNO5/c1-2-3-4-5-6-7-8-9-10-11-12-13-14-15-16-17-28-44-37-27-22-33(29-36(37)40)39(43)46-35-25-20-32(21-26-35)38(42)45-34-23-18-31(30-41)19-24-34/h18-27,29H,2-17,28H2,1H3. The van der Waals surface area contributed by atoms with Gasteiger partial charge in [-0.05, 0) is 73.2 Å². The van der Waals surface area contributed by atoms with Crippen LogP contribution in [0.25, 0.3) is 0 Å². The molecule has 6 nitrogen and oxygen atoms in total. The van der Waals surface area contributed by atoms with Crippen molar-refractivity contribution >= 4 is 11.9 Å². The van der Waals surface area contributed by atoms with Crippen molar-refractivity contribution in [3.63, 3.8) is 0 Å². The summed E-state index contributed by atoms with van der Waals surface area (Å²) in [5.74, 6) is -1.33. The molecule has 0 unspecified atom stereocenters. The third-order valence-electron chi connectivity index (χ3n) is 7.92. The van der Waals surface area contributed by atoms with Crippen molar-refractivity contribution < 1.29 is 28.2 Å². The molecule has 0 bridgehead atoms. The zero-order chi connectivity index (χ0) is 32.8. The Morgan fingerprint density at radius 2 is 1.04 bits per heavy atom. The van der Waals surface area contributed by atoms with E-state index in [-0.39, 0.29) is 22.6 Å². The lowest BCUT2D eigenvalue weighted by Gasteiger charge is -2.09. The Morgan fingerprint density at radius 3 is 1.52 bits per heavy atom. The zero-order valence-corrected chi connectivity index (χ0v) is 27.2. The number of hydrogen-bond donors (Lipinski definition) is 0. The lowest BCUT2D eigenvalue weighted by molar-refractivity contribution is 0.0730. The Bertz CT molecular complexity index is 1360. The molecule has 246 valence electrons. The number of carbonyl (C=O) groups is 2. The molecule has 0 radical (unpaired) electrons. The highest BCUT2D eigenvalue weighted by molar-refractivity contribution is 5.92. The fourth-order valence-corrected chi connectivity index (χ4v) is 5.17. The molecular formula is C39H48FNO5. The average Bonchev–Trinajstić information content (AvgIpc) is 3.07. The van der Waals surface area contributed by atoms with E-state index in [0.717, 1.165) is 25.3 Å². The largest absolute Gasteiger partial charge is 0.491 e. The second-order valence-corrected chi connectivity index (χ2v) is 11.7. The van der Waals surface area contributed by atoms with Gasteiger partial charge in [-0.15, -0.1) is 0 Å². The summed E-state index contributed by atoms with van der Waals surface area (Å²) in [5, 5.41) is 8.87. The lowest BCUT2D eigenvalue weighted by Crippen LogP contribution is -2.11. The van der Waals surface area contributed by atoms with Gasteiger partial charge < -0.3 is 14.2 Å². The molecule has 0 spiro atoms. The van der Waals surface area contributed by atoms with E-state index < -0.39 is 17.8 Å². The van der Waals surface area contributed by atoms with Gasteiger partial charge in [0.15, 0.2) is 11.6 Å². The zero-order valence-electron chi connectivity index (χ0n) is 27.2. The van der Waals surface area contributed by atoms with Crippen LogP contribution in [0.15, 0.2) is 66.7 Å². The van der Waals surface area contributed by atoms with E-state index in [0.29, 0.717) is 17.9 Å². The Morgan fingerprint density at radius 1 is 0.609 bits per heavy atom. The fraction of sp³-hybridized carbons (Fsp3) is 0.462. The second kappa shape index (κ2) is 21.5. The highest BCUT2D eigenvalue weighted by Crippen LogP contribution is 2.22. The molecule has 3 rings (SSSR count). The highest BCUT2D eigenvalue weighted by Gasteiger charge is 2.14. The van der Waals surface area contributed by atoms with Gasteiger partial charge in [0.25, 0.3) is 0 Å². The molecular weight excluding hydrogens is 581 g/mol. The van der Waals surface area contributed by atoms with Crippen LogP contribution in [-0.4, -0.2) is 18.5 Å². The van der Waals surface area contributed by atoms with Gasteiger partial charge in [-0.3, -0.25) is 0 Å². The summed E-state index contributed by atoms with van der Waals surface area (Å²) in [6, 6.07) is 18.0. The van der Waals surface area contributed by atoms with E-state index in [9.17, 15) is 14.0 Å². The van der Waals surface area contributed by atoms with Crippen molar-refractivity contribution in [2.24, 2.45) is 0 Å². The van der Waals surface area contributed by atoms with Crippen LogP contribution in [0.3, 0.4) is 0 Å². The number of ether oxygens (including phenoxy) is 3. The van der Waals surface area contributed by atoms with Gasteiger partial charge in [0.1, 0.15) is 11.5 Å². The van der Waals surface area contributed by atoms with Crippen LogP contribution >= 0.6 is 0 Å². The number of nitriles is 1. The maximum Gasteiger partial charge on any atom is 0.343 e. The molecule has 0 aromatic heterocycles. The van der Waals surface area contributed by atoms with E-state index in [1.165, 1.54) is 132 Å². The van der Waals surface area contributed by atoms with Crippen LogP contribution in [0.1, 0.15) is 136 Å². The summed E-state index contributed by atoms with van der Waals surface area (Å²) >= 11 is 0. The van der Waals surface area contributed by atoms with Crippen molar-refractivity contribution in [1.29, 1.82) is 5.26 Å². The molecule has 3 aromatic rings. The topological polar surface area (TPSA) is 85.6 Å². The van der Waals surface area contributed by atoms with Gasteiger partial charge >= 0.3 is 11.9 Å². The molecule has 0 amide bonds. The SMILES string of the molecule is CCCCCCCCCCCCCCCCCCOc1ccc(C(=O)Oc2ccc(C(=O)Oc3ccc(C#N)cc3)cc2)cc1F. The number of carbonyl (C=O) groups excluding carboxylic acids is 2. The lowest BCUT2D eigenvalue weighted by atomic mass is 10.0. The molecule has 0 aliphatic rings. The molecule has 3 aromatic carbocycles. The van der Waals surface area contributed by atoms with Crippen molar-refractivity contribution in [2.45, 2.75) is 110 Å². The van der Waals surface area contributed by atoms with E-state index in [2.05, 4.69) is 6.92 Å². The Labute approximate surface area is 273 Å². The molecule has 0 heterocycles. The summed E-state index contributed by atoms with van der Waals surface area (Å²) in [5.41, 5.74) is 0.760. The van der Waals surface area contributed by atoms with Crippen LogP contribution in [0.4, 0.5) is 4.39 Å².